The maximum Gasteiger partial charge on any atom is 0.323 e. The van der Waals surface area contributed by atoms with Crippen LogP contribution in [0.4, 0.5) is 11.4 Å². The lowest BCUT2D eigenvalue weighted by Gasteiger charge is -2.30. The zero-order chi connectivity index (χ0) is 28.7. The molecule has 1 fully saturated rings. The number of sulfonamides is 1. The summed E-state index contributed by atoms with van der Waals surface area (Å²) < 4.78 is 36.6. The highest BCUT2D eigenvalue weighted by atomic mass is 32.2. The third-order valence-corrected chi connectivity index (χ3v) is 9.15. The molecule has 0 radical (unpaired) electrons. The minimum Gasteiger partial charge on any atom is -0.480 e. The van der Waals surface area contributed by atoms with Gasteiger partial charge in [0.15, 0.2) is 5.78 Å². The Morgan fingerprint density at radius 2 is 1.73 bits per heavy atom. The van der Waals surface area contributed by atoms with Gasteiger partial charge in [-0.25, -0.2) is 8.42 Å². The van der Waals surface area contributed by atoms with Crippen LogP contribution in [0.2, 0.25) is 0 Å². The van der Waals surface area contributed by atoms with E-state index >= 15 is 0 Å². The Hall–Kier alpha value is -3.63. The van der Waals surface area contributed by atoms with Gasteiger partial charge in [0.2, 0.25) is 0 Å². The highest BCUT2D eigenvalue weighted by Crippen LogP contribution is 2.40. The molecule has 0 amide bonds. The molecule has 212 valence electrons. The number of benzene rings is 2. The molecule has 0 saturated carbocycles. The largest absolute Gasteiger partial charge is 0.480 e. The maximum absolute atomic E-state index is 13.4. The molecule has 0 spiro atoms. The normalized spacial score (nSPS) is 17.0. The molecule has 1 aliphatic heterocycles. The lowest BCUT2D eigenvalue weighted by Crippen LogP contribution is -2.36. The fourth-order valence-electron chi connectivity index (χ4n) is 5.80. The Bertz CT molecular complexity index is 1550. The number of rotatable bonds is 8. The first-order valence-electron chi connectivity index (χ1n) is 13.4. The summed E-state index contributed by atoms with van der Waals surface area (Å²) in [4.78, 5) is 27.3. The van der Waals surface area contributed by atoms with E-state index in [1.54, 1.807) is 41.0 Å². The number of hydrogen-bond donors (Lipinski definition) is 2. The third-order valence-electron chi connectivity index (χ3n) is 7.77. The average Bonchev–Trinajstić information content (AvgIpc) is 3.15. The van der Waals surface area contributed by atoms with Crippen molar-refractivity contribution in [2.75, 3.05) is 35.9 Å². The first kappa shape index (κ1) is 27.9. The standard InChI is InChI=1S/C30H35N3O6S/c1-20-24(29-26(33(20)19-28(35)36)17-30(2,3)18-27(29)34)16-21-6-4-5-7-25(21)31-40(37,38)23-10-8-22(9-11-23)32-12-14-39-15-13-32/h4-11,31H,12-19H2,1-3H3,(H,35,36). The van der Waals surface area contributed by atoms with E-state index in [0.717, 1.165) is 35.7 Å². The molecule has 2 heterocycles. The lowest BCUT2D eigenvalue weighted by molar-refractivity contribution is -0.137. The Morgan fingerprint density at radius 3 is 2.40 bits per heavy atom. The van der Waals surface area contributed by atoms with Crippen molar-refractivity contribution in [2.45, 2.75) is 51.5 Å². The topological polar surface area (TPSA) is 118 Å². The van der Waals surface area contributed by atoms with Gasteiger partial charge in [-0.1, -0.05) is 32.0 Å². The smallest absolute Gasteiger partial charge is 0.323 e. The Kier molecular flexibility index (Phi) is 7.50. The molecule has 1 saturated heterocycles. The summed E-state index contributed by atoms with van der Waals surface area (Å²) in [5.74, 6) is -0.983. The molecule has 5 rings (SSSR count). The van der Waals surface area contributed by atoms with Crippen LogP contribution in [0.25, 0.3) is 0 Å². The van der Waals surface area contributed by atoms with Crippen molar-refractivity contribution in [1.29, 1.82) is 0 Å². The molecular weight excluding hydrogens is 530 g/mol. The summed E-state index contributed by atoms with van der Waals surface area (Å²) in [6, 6.07) is 13.9. The quantitative estimate of drug-likeness (QED) is 0.419. The molecule has 2 aromatic carbocycles. The Morgan fingerprint density at radius 1 is 1.05 bits per heavy atom. The first-order chi connectivity index (χ1) is 18.9. The van der Waals surface area contributed by atoms with Gasteiger partial charge < -0.3 is 19.3 Å². The number of carbonyl (C=O) groups is 2. The van der Waals surface area contributed by atoms with Gasteiger partial charge in [-0.3, -0.25) is 14.3 Å². The minimum absolute atomic E-state index is 0.00749. The van der Waals surface area contributed by atoms with E-state index in [0.29, 0.717) is 49.3 Å². The first-order valence-corrected chi connectivity index (χ1v) is 14.9. The fourth-order valence-corrected chi connectivity index (χ4v) is 6.90. The van der Waals surface area contributed by atoms with E-state index in [4.69, 9.17) is 4.74 Å². The van der Waals surface area contributed by atoms with Crippen molar-refractivity contribution in [2.24, 2.45) is 5.41 Å². The number of hydrogen-bond acceptors (Lipinski definition) is 6. The third kappa shape index (κ3) is 5.64. The SMILES string of the molecule is Cc1c(Cc2ccccc2NS(=O)(=O)c2ccc(N3CCOCC3)cc2)c2c(n1CC(=O)O)CC(C)(C)CC2=O. The molecule has 2 aliphatic rings. The summed E-state index contributed by atoms with van der Waals surface area (Å²) in [7, 11) is -3.88. The van der Waals surface area contributed by atoms with Gasteiger partial charge in [0.1, 0.15) is 6.54 Å². The zero-order valence-electron chi connectivity index (χ0n) is 23.1. The number of carbonyl (C=O) groups excluding carboxylic acids is 1. The molecule has 0 unspecified atom stereocenters. The predicted molar refractivity (Wildman–Crippen MR) is 153 cm³/mol. The minimum atomic E-state index is -3.88. The number of Topliss-reactive ketones (excluding diaryl/α,β-unsaturated/α-hetero) is 1. The number of ketones is 1. The number of para-hydroxylation sites is 1. The van der Waals surface area contributed by atoms with E-state index in [1.165, 1.54) is 0 Å². The van der Waals surface area contributed by atoms with Crippen LogP contribution in [0, 0.1) is 12.3 Å². The van der Waals surface area contributed by atoms with Crippen molar-refractivity contribution in [3.8, 4) is 0 Å². The number of anilines is 2. The van der Waals surface area contributed by atoms with Crippen molar-refractivity contribution < 1.29 is 27.9 Å². The highest BCUT2D eigenvalue weighted by Gasteiger charge is 2.37. The predicted octanol–water partition coefficient (Wildman–Crippen LogP) is 4.26. The van der Waals surface area contributed by atoms with E-state index in [9.17, 15) is 23.1 Å². The monoisotopic (exact) mass is 565 g/mol. The van der Waals surface area contributed by atoms with Crippen LogP contribution >= 0.6 is 0 Å². The fraction of sp³-hybridized carbons (Fsp3) is 0.400. The van der Waals surface area contributed by atoms with E-state index in [-0.39, 0.29) is 22.6 Å². The van der Waals surface area contributed by atoms with Crippen LogP contribution in [-0.4, -0.2) is 56.1 Å². The van der Waals surface area contributed by atoms with Crippen LogP contribution < -0.4 is 9.62 Å². The number of morpholine rings is 1. The number of ether oxygens (including phenoxy) is 1. The van der Waals surface area contributed by atoms with Gasteiger partial charge in [0.25, 0.3) is 10.0 Å². The van der Waals surface area contributed by atoms with Crippen molar-refractivity contribution in [1.82, 2.24) is 4.57 Å². The number of nitrogens with one attached hydrogen (secondary N) is 1. The summed E-state index contributed by atoms with van der Waals surface area (Å²) in [5.41, 5.74) is 4.58. The summed E-state index contributed by atoms with van der Waals surface area (Å²) in [6.45, 7) is 8.43. The average molecular weight is 566 g/mol. The molecule has 9 nitrogen and oxygen atoms in total. The highest BCUT2D eigenvalue weighted by molar-refractivity contribution is 7.92. The van der Waals surface area contributed by atoms with Crippen molar-refractivity contribution in [3.63, 3.8) is 0 Å². The van der Waals surface area contributed by atoms with Crippen LogP contribution in [0.15, 0.2) is 53.4 Å². The van der Waals surface area contributed by atoms with Crippen LogP contribution in [0.3, 0.4) is 0 Å². The summed E-state index contributed by atoms with van der Waals surface area (Å²) in [6.07, 6.45) is 1.26. The number of fused-ring (bicyclic) bond motifs is 1. The van der Waals surface area contributed by atoms with Crippen LogP contribution in [-0.2, 0) is 38.9 Å². The van der Waals surface area contributed by atoms with Gasteiger partial charge in [0, 0.05) is 48.6 Å². The van der Waals surface area contributed by atoms with Crippen LogP contribution in [0.1, 0.15) is 53.1 Å². The molecular formula is C30H35N3O6S. The second-order valence-electron chi connectivity index (χ2n) is 11.3. The van der Waals surface area contributed by atoms with Gasteiger partial charge in [-0.2, -0.15) is 0 Å². The van der Waals surface area contributed by atoms with Crippen molar-refractivity contribution >= 4 is 33.2 Å². The van der Waals surface area contributed by atoms with Gasteiger partial charge >= 0.3 is 5.97 Å². The van der Waals surface area contributed by atoms with Crippen LogP contribution in [0.5, 0.6) is 0 Å². The summed E-state index contributed by atoms with van der Waals surface area (Å²) in [5, 5.41) is 9.57. The van der Waals surface area contributed by atoms with E-state index < -0.39 is 16.0 Å². The van der Waals surface area contributed by atoms with Gasteiger partial charge in [0.05, 0.1) is 23.8 Å². The second-order valence-corrected chi connectivity index (χ2v) is 13.0. The van der Waals surface area contributed by atoms with E-state index in [2.05, 4.69) is 9.62 Å². The lowest BCUT2D eigenvalue weighted by atomic mass is 9.75. The Balaban J connectivity index is 1.45. The number of aromatic nitrogens is 1. The van der Waals surface area contributed by atoms with E-state index in [1.807, 2.05) is 32.9 Å². The molecule has 0 atom stereocenters. The van der Waals surface area contributed by atoms with Gasteiger partial charge in [-0.15, -0.1) is 0 Å². The maximum atomic E-state index is 13.4. The number of nitrogens with zero attached hydrogens (tertiary/aromatic N) is 2. The van der Waals surface area contributed by atoms with Gasteiger partial charge in [-0.05, 0) is 60.2 Å². The zero-order valence-corrected chi connectivity index (χ0v) is 23.9. The molecule has 2 N–H and O–H groups in total. The number of aliphatic carboxylic acids is 1. The molecule has 0 bridgehead atoms. The summed E-state index contributed by atoms with van der Waals surface area (Å²) >= 11 is 0. The molecule has 10 heteroatoms. The molecule has 40 heavy (non-hydrogen) atoms. The molecule has 1 aliphatic carbocycles. The number of carboxylic acid groups (broad SMARTS) is 1. The molecule has 3 aromatic rings. The van der Waals surface area contributed by atoms with Crippen molar-refractivity contribution in [3.05, 3.63) is 76.6 Å². The Labute approximate surface area is 234 Å². The number of carboxylic acids is 1. The molecule has 1 aromatic heterocycles. The second kappa shape index (κ2) is 10.7.